The van der Waals surface area contributed by atoms with E-state index in [2.05, 4.69) is 89.9 Å². The molecule has 5 aromatic rings. The number of rotatable bonds is 0. The molecule has 7 rings (SSSR count). The van der Waals surface area contributed by atoms with Crippen LogP contribution in [0.15, 0.2) is 94.6 Å². The van der Waals surface area contributed by atoms with Gasteiger partial charge < -0.3 is 4.42 Å². The zero-order chi connectivity index (χ0) is 23.7. The minimum Gasteiger partial charge on any atom is -0.437 e. The van der Waals surface area contributed by atoms with Gasteiger partial charge in [0.1, 0.15) is 11.3 Å². The topological polar surface area (TPSA) is 42.3 Å². The van der Waals surface area contributed by atoms with Crippen LogP contribution in [0.3, 0.4) is 0 Å². The molecule has 35 heavy (non-hydrogen) atoms. The van der Waals surface area contributed by atoms with E-state index in [9.17, 15) is 0 Å². The van der Waals surface area contributed by atoms with Gasteiger partial charge in [-0.25, -0.2) is 4.98 Å². The summed E-state index contributed by atoms with van der Waals surface area (Å²) in [5.74, 6) is 0.289. The van der Waals surface area contributed by atoms with E-state index in [-0.39, 0.29) is 12.0 Å². The van der Waals surface area contributed by atoms with Crippen molar-refractivity contribution in [2.45, 2.75) is 38.6 Å². The van der Waals surface area contributed by atoms with E-state index in [1.165, 1.54) is 22.4 Å². The van der Waals surface area contributed by atoms with Gasteiger partial charge in [0.25, 0.3) is 0 Å². The number of pyridine rings is 2. The minimum atomic E-state index is 0.0702. The Morgan fingerprint density at radius 1 is 0.943 bits per heavy atom. The second-order valence-electron chi connectivity index (χ2n) is 9.74. The van der Waals surface area contributed by atoms with Crippen molar-refractivity contribution < 1.29 is 8.98 Å². The fraction of sp³-hybridized carbons (Fsp3) is 0.194. The first kappa shape index (κ1) is 20.3. The van der Waals surface area contributed by atoms with E-state index in [1.54, 1.807) is 0 Å². The van der Waals surface area contributed by atoms with Gasteiger partial charge in [-0.2, -0.15) is 4.57 Å². The van der Waals surface area contributed by atoms with Crippen LogP contribution < -0.4 is 4.57 Å². The van der Waals surface area contributed by atoms with E-state index in [1.807, 2.05) is 13.0 Å². The molecule has 2 aromatic carbocycles. The zero-order valence-corrected chi connectivity index (χ0v) is 20.0. The van der Waals surface area contributed by atoms with Crippen molar-refractivity contribution >= 4 is 27.8 Å². The number of aromatic nitrogens is 2. The molecule has 5 heterocycles. The average molecular weight is 457 g/mol. The fourth-order valence-corrected chi connectivity index (χ4v) is 6.16. The molecule has 2 unspecified atom stereocenters. The van der Waals surface area contributed by atoms with Gasteiger partial charge in [0.15, 0.2) is 6.20 Å². The van der Waals surface area contributed by atoms with Crippen molar-refractivity contribution in [3.8, 4) is 11.3 Å². The molecule has 0 spiro atoms. The SMILES string of the molecule is C=C1/N=C(/C)c2c(ccc3c2oc2nc(C)ccc23)CCC2c3ccccc3-c3cccc[n+]3C12. The number of hydrogen-bond acceptors (Lipinski definition) is 3. The van der Waals surface area contributed by atoms with Crippen molar-refractivity contribution in [2.75, 3.05) is 0 Å². The highest BCUT2D eigenvalue weighted by Gasteiger charge is 2.42. The van der Waals surface area contributed by atoms with Crippen LogP contribution in [0.1, 0.15) is 47.7 Å². The van der Waals surface area contributed by atoms with Crippen molar-refractivity contribution in [3.05, 3.63) is 108 Å². The van der Waals surface area contributed by atoms with Crippen LogP contribution in [0.4, 0.5) is 0 Å². The van der Waals surface area contributed by atoms with E-state index in [0.717, 1.165) is 51.9 Å². The monoisotopic (exact) mass is 456 g/mol. The first-order chi connectivity index (χ1) is 17.1. The molecule has 0 aliphatic carbocycles. The number of aryl methyl sites for hydroxylation is 2. The van der Waals surface area contributed by atoms with Gasteiger partial charge in [0.05, 0.1) is 5.92 Å². The van der Waals surface area contributed by atoms with Gasteiger partial charge in [-0.15, -0.1) is 0 Å². The lowest BCUT2D eigenvalue weighted by Crippen LogP contribution is -2.48. The van der Waals surface area contributed by atoms with Crippen LogP contribution in [0, 0.1) is 6.92 Å². The summed E-state index contributed by atoms with van der Waals surface area (Å²) in [6, 6.07) is 23.9. The van der Waals surface area contributed by atoms with Crippen LogP contribution in [0.25, 0.3) is 33.3 Å². The molecule has 0 radical (unpaired) electrons. The van der Waals surface area contributed by atoms with Gasteiger partial charge in [-0.3, -0.25) is 4.99 Å². The van der Waals surface area contributed by atoms with Gasteiger partial charge >= 0.3 is 0 Å². The molecular weight excluding hydrogens is 430 g/mol. The fourth-order valence-electron chi connectivity index (χ4n) is 6.16. The third kappa shape index (κ3) is 2.96. The lowest BCUT2D eigenvalue weighted by atomic mass is 9.78. The van der Waals surface area contributed by atoms with E-state index in [0.29, 0.717) is 5.71 Å². The lowest BCUT2D eigenvalue weighted by Gasteiger charge is -2.30. The molecule has 0 saturated carbocycles. The number of allylic oxidation sites excluding steroid dienone is 1. The number of aliphatic imine (C=N–C) groups is 1. The van der Waals surface area contributed by atoms with Crippen LogP contribution in [-0.2, 0) is 6.42 Å². The number of fused-ring (bicyclic) bond motifs is 11. The molecule has 2 atom stereocenters. The number of furan rings is 1. The molecule has 0 saturated heterocycles. The van der Waals surface area contributed by atoms with Crippen LogP contribution in [0.2, 0.25) is 0 Å². The van der Waals surface area contributed by atoms with E-state index < -0.39 is 0 Å². The first-order valence-corrected chi connectivity index (χ1v) is 12.3. The Morgan fingerprint density at radius 2 is 1.77 bits per heavy atom. The third-order valence-corrected chi connectivity index (χ3v) is 7.68. The summed E-state index contributed by atoms with van der Waals surface area (Å²) < 4.78 is 8.75. The van der Waals surface area contributed by atoms with Crippen molar-refractivity contribution in [1.82, 2.24) is 4.98 Å². The predicted molar refractivity (Wildman–Crippen MR) is 140 cm³/mol. The summed E-state index contributed by atoms with van der Waals surface area (Å²) in [7, 11) is 0. The summed E-state index contributed by atoms with van der Waals surface area (Å²) in [5.41, 5.74) is 10.6. The highest BCUT2D eigenvalue weighted by molar-refractivity contribution is 6.15. The lowest BCUT2D eigenvalue weighted by molar-refractivity contribution is -0.709. The molecule has 3 aromatic heterocycles. The Labute approximate surface area is 204 Å². The summed E-state index contributed by atoms with van der Waals surface area (Å²) in [6.45, 7) is 8.60. The molecule has 2 aliphatic rings. The number of nitrogens with zero attached hydrogens (tertiary/aromatic N) is 3. The molecule has 0 N–H and O–H groups in total. The maximum atomic E-state index is 6.38. The number of hydrogen-bond donors (Lipinski definition) is 0. The Bertz CT molecular complexity index is 1710. The van der Waals surface area contributed by atoms with Gasteiger partial charge in [-0.1, -0.05) is 36.9 Å². The standard InChI is InChI=1S/C31H26N3O/c1-18-11-14-26-25-16-13-21-12-15-24-22-8-4-5-9-23(22)27-10-6-7-17-34(27)29(24)20(3)33-19(2)28(21)30(25)35-31(26)32-18/h4-11,13-14,16-17,24,29H,3,12,15H2,1-2H3/q+1/b33-19-. The molecular formula is C31H26N3O+. The molecule has 0 bridgehead atoms. The van der Waals surface area contributed by atoms with Gasteiger partial charge in [0, 0.05) is 45.4 Å². The maximum Gasteiger partial charge on any atom is 0.227 e. The number of benzene rings is 2. The molecule has 0 amide bonds. The van der Waals surface area contributed by atoms with Crippen LogP contribution >= 0.6 is 0 Å². The quantitative estimate of drug-likeness (QED) is 0.239. The van der Waals surface area contributed by atoms with Gasteiger partial charge in [-0.05, 0) is 62.1 Å². The zero-order valence-electron chi connectivity index (χ0n) is 20.0. The molecule has 170 valence electrons. The van der Waals surface area contributed by atoms with Crippen LogP contribution in [-0.4, -0.2) is 10.7 Å². The maximum absolute atomic E-state index is 6.38. The Morgan fingerprint density at radius 3 is 2.69 bits per heavy atom. The highest BCUT2D eigenvalue weighted by Crippen LogP contribution is 2.44. The van der Waals surface area contributed by atoms with E-state index >= 15 is 0 Å². The molecule has 0 fully saturated rings. The van der Waals surface area contributed by atoms with Crippen molar-refractivity contribution in [3.63, 3.8) is 0 Å². The molecule has 4 heteroatoms. The summed E-state index contributed by atoms with van der Waals surface area (Å²) in [6.07, 6.45) is 4.11. The minimum absolute atomic E-state index is 0.0702. The largest absolute Gasteiger partial charge is 0.437 e. The second-order valence-corrected chi connectivity index (χ2v) is 9.74. The normalized spacial score (nSPS) is 20.6. The smallest absolute Gasteiger partial charge is 0.227 e. The summed E-state index contributed by atoms with van der Waals surface area (Å²) >= 11 is 0. The second kappa shape index (κ2) is 7.47. The van der Waals surface area contributed by atoms with Gasteiger partial charge in [0.2, 0.25) is 17.4 Å². The molecule has 4 nitrogen and oxygen atoms in total. The summed E-state index contributed by atoms with van der Waals surface area (Å²) in [5, 5.41) is 2.14. The summed E-state index contributed by atoms with van der Waals surface area (Å²) in [4.78, 5) is 9.80. The van der Waals surface area contributed by atoms with E-state index in [4.69, 9.17) is 9.41 Å². The Hall–Kier alpha value is -4.05. The molecule has 2 aliphatic heterocycles. The van der Waals surface area contributed by atoms with Crippen molar-refractivity contribution in [1.29, 1.82) is 0 Å². The Balaban J connectivity index is 1.46. The Kier molecular flexibility index (Phi) is 4.34. The predicted octanol–water partition coefficient (Wildman–Crippen LogP) is 6.85. The average Bonchev–Trinajstić information content (AvgIpc) is 3.25. The van der Waals surface area contributed by atoms with Crippen molar-refractivity contribution in [2.24, 2.45) is 4.99 Å². The first-order valence-electron chi connectivity index (χ1n) is 12.3. The van der Waals surface area contributed by atoms with Crippen LogP contribution in [0.5, 0.6) is 0 Å². The third-order valence-electron chi connectivity index (χ3n) is 7.68. The highest BCUT2D eigenvalue weighted by atomic mass is 16.3.